The summed E-state index contributed by atoms with van der Waals surface area (Å²) in [5.74, 6) is 0.0431. The second-order valence-electron chi connectivity index (χ2n) is 6.32. The van der Waals surface area contributed by atoms with Crippen molar-refractivity contribution in [1.29, 1.82) is 0 Å². The van der Waals surface area contributed by atoms with Crippen molar-refractivity contribution >= 4 is 39.0 Å². The van der Waals surface area contributed by atoms with Crippen LogP contribution in [0.2, 0.25) is 5.02 Å². The van der Waals surface area contributed by atoms with E-state index in [1.165, 1.54) is 17.2 Å². The first kappa shape index (κ1) is 18.6. The highest BCUT2D eigenvalue weighted by molar-refractivity contribution is 7.91. The summed E-state index contributed by atoms with van der Waals surface area (Å²) in [6.07, 6.45) is 1.93. The summed E-state index contributed by atoms with van der Waals surface area (Å²) >= 11 is 6.01. The van der Waals surface area contributed by atoms with Crippen LogP contribution in [0.25, 0.3) is 0 Å². The molecule has 138 valence electrons. The molecule has 1 aromatic carbocycles. The van der Waals surface area contributed by atoms with Crippen LogP contribution in [0.5, 0.6) is 0 Å². The molecule has 3 rings (SSSR count). The van der Waals surface area contributed by atoms with E-state index >= 15 is 0 Å². The number of benzene rings is 1. The Bertz CT molecular complexity index is 949. The van der Waals surface area contributed by atoms with E-state index in [1.54, 1.807) is 19.2 Å². The van der Waals surface area contributed by atoms with Crippen LogP contribution in [0.1, 0.15) is 22.5 Å². The molecule has 1 fully saturated rings. The number of amides is 1. The fraction of sp³-hybridized carbons (Fsp3) is 0.353. The monoisotopic (exact) mass is 394 g/mol. The zero-order valence-corrected chi connectivity index (χ0v) is 16.0. The summed E-state index contributed by atoms with van der Waals surface area (Å²) in [7, 11) is -1.46. The summed E-state index contributed by atoms with van der Waals surface area (Å²) in [6.45, 7) is 1.92. The van der Waals surface area contributed by atoms with Crippen LogP contribution >= 0.6 is 11.6 Å². The maximum Gasteiger partial charge on any atom is 0.272 e. The second-order valence-corrected chi connectivity index (χ2v) is 8.99. The van der Waals surface area contributed by atoms with Crippen molar-refractivity contribution in [3.05, 3.63) is 46.7 Å². The van der Waals surface area contributed by atoms with Crippen molar-refractivity contribution in [3.8, 4) is 0 Å². The Morgan fingerprint density at radius 1 is 1.35 bits per heavy atom. The molecule has 1 unspecified atom stereocenters. The summed E-state index contributed by atoms with van der Waals surface area (Å²) < 4.78 is 23.3. The number of nitrogens with one attached hydrogen (secondary N) is 1. The Kier molecular flexibility index (Phi) is 5.15. The summed E-state index contributed by atoms with van der Waals surface area (Å²) in [5, 5.41) is 3.63. The first-order valence-electron chi connectivity index (χ1n) is 8.09. The number of carbonyl (C=O) groups excluding carboxylic acids is 1. The normalized spacial score (nSPS) is 18.5. The van der Waals surface area contributed by atoms with E-state index in [0.29, 0.717) is 11.4 Å². The smallest absolute Gasteiger partial charge is 0.272 e. The Morgan fingerprint density at radius 2 is 2.12 bits per heavy atom. The summed E-state index contributed by atoms with van der Waals surface area (Å²) in [4.78, 5) is 22.5. The zero-order valence-electron chi connectivity index (χ0n) is 14.4. The third kappa shape index (κ3) is 4.13. The number of hydrogen-bond acceptors (Lipinski definition) is 6. The van der Waals surface area contributed by atoms with E-state index in [9.17, 15) is 13.2 Å². The van der Waals surface area contributed by atoms with Gasteiger partial charge in [-0.1, -0.05) is 17.7 Å². The van der Waals surface area contributed by atoms with Crippen LogP contribution in [0.4, 0.5) is 11.6 Å². The van der Waals surface area contributed by atoms with Gasteiger partial charge in [0.2, 0.25) is 5.95 Å². The molecule has 2 aromatic rings. The number of halogens is 1. The van der Waals surface area contributed by atoms with E-state index in [0.717, 1.165) is 11.3 Å². The van der Waals surface area contributed by atoms with Gasteiger partial charge in [0.25, 0.3) is 5.91 Å². The molecule has 1 aliphatic heterocycles. The largest absolute Gasteiger partial charge is 0.336 e. The lowest BCUT2D eigenvalue weighted by molar-refractivity contribution is 0.0741. The first-order valence-corrected chi connectivity index (χ1v) is 10.3. The van der Waals surface area contributed by atoms with Crippen molar-refractivity contribution in [3.63, 3.8) is 0 Å². The molecule has 0 saturated carbocycles. The summed E-state index contributed by atoms with van der Waals surface area (Å²) in [5.41, 5.74) is 1.91. The van der Waals surface area contributed by atoms with Crippen molar-refractivity contribution in [1.82, 2.24) is 14.9 Å². The number of rotatable bonds is 4. The highest BCUT2D eigenvalue weighted by Crippen LogP contribution is 2.23. The predicted molar refractivity (Wildman–Crippen MR) is 101 cm³/mol. The molecule has 26 heavy (non-hydrogen) atoms. The molecule has 1 saturated heterocycles. The molecule has 0 aliphatic carbocycles. The number of aromatic nitrogens is 2. The fourth-order valence-electron chi connectivity index (χ4n) is 2.81. The molecule has 0 radical (unpaired) electrons. The van der Waals surface area contributed by atoms with E-state index in [2.05, 4.69) is 15.3 Å². The maximum absolute atomic E-state index is 12.7. The van der Waals surface area contributed by atoms with Crippen LogP contribution < -0.4 is 5.32 Å². The minimum atomic E-state index is -3.07. The lowest BCUT2D eigenvalue weighted by Gasteiger charge is -2.23. The van der Waals surface area contributed by atoms with E-state index in [4.69, 9.17) is 11.6 Å². The SMILES string of the molecule is Cc1ccc(Cl)cc1Nc1nccc(C(=O)N(C)C2CCS(=O)(=O)C2)n1. The van der Waals surface area contributed by atoms with Crippen LogP contribution in [-0.4, -0.2) is 53.8 Å². The number of nitrogens with zero attached hydrogens (tertiary/aromatic N) is 3. The lowest BCUT2D eigenvalue weighted by Crippen LogP contribution is -2.38. The number of carbonyl (C=O) groups is 1. The van der Waals surface area contributed by atoms with Gasteiger partial charge in [0, 0.05) is 30.0 Å². The highest BCUT2D eigenvalue weighted by atomic mass is 35.5. The van der Waals surface area contributed by atoms with Crippen molar-refractivity contribution in [2.24, 2.45) is 0 Å². The van der Waals surface area contributed by atoms with Gasteiger partial charge in [-0.3, -0.25) is 4.79 Å². The molecule has 1 aromatic heterocycles. The molecular weight excluding hydrogens is 376 g/mol. The van der Waals surface area contributed by atoms with E-state index < -0.39 is 9.84 Å². The van der Waals surface area contributed by atoms with Crippen LogP contribution in [0.3, 0.4) is 0 Å². The Balaban J connectivity index is 1.78. The zero-order chi connectivity index (χ0) is 18.9. The number of anilines is 2. The Morgan fingerprint density at radius 3 is 2.81 bits per heavy atom. The third-order valence-electron chi connectivity index (χ3n) is 4.40. The molecule has 1 N–H and O–H groups in total. The highest BCUT2D eigenvalue weighted by Gasteiger charge is 2.33. The van der Waals surface area contributed by atoms with Crippen molar-refractivity contribution < 1.29 is 13.2 Å². The molecular formula is C17H19ClN4O3S. The molecule has 1 aliphatic rings. The van der Waals surface area contributed by atoms with Crippen molar-refractivity contribution in [2.45, 2.75) is 19.4 Å². The average molecular weight is 395 g/mol. The van der Waals surface area contributed by atoms with Gasteiger partial charge in [0.15, 0.2) is 9.84 Å². The Labute approximate surface area is 157 Å². The van der Waals surface area contributed by atoms with Gasteiger partial charge < -0.3 is 10.2 Å². The standard InChI is InChI=1S/C17H19ClN4O3S/c1-11-3-4-12(18)9-15(11)21-17-19-7-5-14(20-17)16(23)22(2)13-6-8-26(24,25)10-13/h3-5,7,9,13H,6,8,10H2,1-2H3,(H,19,20,21). The fourth-order valence-corrected chi connectivity index (χ4v) is 4.76. The summed E-state index contributed by atoms with van der Waals surface area (Å²) in [6, 6.07) is 6.60. The van der Waals surface area contributed by atoms with Crippen LogP contribution in [0.15, 0.2) is 30.5 Å². The van der Waals surface area contributed by atoms with Gasteiger partial charge in [-0.05, 0) is 37.1 Å². The maximum atomic E-state index is 12.7. The molecule has 7 nitrogen and oxygen atoms in total. The van der Waals surface area contributed by atoms with Crippen molar-refractivity contribution in [2.75, 3.05) is 23.9 Å². The van der Waals surface area contributed by atoms with Gasteiger partial charge in [-0.15, -0.1) is 0 Å². The number of aryl methyl sites for hydroxylation is 1. The topological polar surface area (TPSA) is 92.3 Å². The number of hydrogen-bond donors (Lipinski definition) is 1. The molecule has 0 spiro atoms. The minimum absolute atomic E-state index is 0.00681. The lowest BCUT2D eigenvalue weighted by atomic mass is 10.2. The average Bonchev–Trinajstić information content (AvgIpc) is 2.97. The predicted octanol–water partition coefficient (Wildman–Crippen LogP) is 2.44. The van der Waals surface area contributed by atoms with Gasteiger partial charge in [0.1, 0.15) is 5.69 Å². The third-order valence-corrected chi connectivity index (χ3v) is 6.38. The quantitative estimate of drug-likeness (QED) is 0.856. The minimum Gasteiger partial charge on any atom is -0.336 e. The van der Waals surface area contributed by atoms with Crippen LogP contribution in [0, 0.1) is 6.92 Å². The molecule has 9 heteroatoms. The van der Waals surface area contributed by atoms with Gasteiger partial charge in [-0.25, -0.2) is 18.4 Å². The molecule has 1 amide bonds. The molecule has 2 heterocycles. The number of sulfone groups is 1. The van der Waals surface area contributed by atoms with Gasteiger partial charge in [0.05, 0.1) is 11.5 Å². The van der Waals surface area contributed by atoms with E-state index in [1.807, 2.05) is 13.0 Å². The van der Waals surface area contributed by atoms with E-state index in [-0.39, 0.29) is 35.1 Å². The van der Waals surface area contributed by atoms with Gasteiger partial charge >= 0.3 is 0 Å². The second kappa shape index (κ2) is 7.20. The first-order chi connectivity index (χ1) is 12.2. The van der Waals surface area contributed by atoms with Crippen LogP contribution in [-0.2, 0) is 9.84 Å². The Hall–Kier alpha value is -2.19. The molecule has 0 bridgehead atoms. The van der Waals surface area contributed by atoms with Gasteiger partial charge in [-0.2, -0.15) is 0 Å². The molecule has 1 atom stereocenters.